The zero-order valence-electron chi connectivity index (χ0n) is 10.2. The highest BCUT2D eigenvalue weighted by Gasteiger charge is 2.41. The monoisotopic (exact) mass is 300 g/mol. The van der Waals surface area contributed by atoms with Crippen molar-refractivity contribution < 1.29 is 14.7 Å². The van der Waals surface area contributed by atoms with Gasteiger partial charge in [0.15, 0.2) is 0 Å². The molecule has 5 nitrogen and oxygen atoms in total. The highest BCUT2D eigenvalue weighted by molar-refractivity contribution is 8.00. The second kappa shape index (κ2) is 5.79. The Labute approximate surface area is 120 Å². The van der Waals surface area contributed by atoms with Gasteiger partial charge in [0.05, 0.1) is 10.9 Å². The molecule has 1 amide bonds. The molecule has 2 unspecified atom stereocenters. The van der Waals surface area contributed by atoms with Crippen LogP contribution in [0.2, 0.25) is 5.15 Å². The molecule has 1 N–H and O–H groups in total. The van der Waals surface area contributed by atoms with E-state index in [1.165, 1.54) is 22.9 Å². The first kappa shape index (κ1) is 14.1. The molecule has 0 aromatic carbocycles. The number of carboxylic acid groups (broad SMARTS) is 1. The highest BCUT2D eigenvalue weighted by Crippen LogP contribution is 2.33. The van der Waals surface area contributed by atoms with Crippen LogP contribution >= 0.6 is 23.4 Å². The predicted octanol–water partition coefficient (Wildman–Crippen LogP) is 2.11. The van der Waals surface area contributed by atoms with Crippen LogP contribution in [0.15, 0.2) is 18.3 Å². The minimum Gasteiger partial charge on any atom is -0.480 e. The van der Waals surface area contributed by atoms with Crippen LogP contribution < -0.4 is 0 Å². The number of aromatic nitrogens is 1. The van der Waals surface area contributed by atoms with Crippen LogP contribution in [0, 0.1) is 0 Å². The lowest BCUT2D eigenvalue weighted by Crippen LogP contribution is -2.45. The van der Waals surface area contributed by atoms with Crippen molar-refractivity contribution in [1.29, 1.82) is 0 Å². The number of hydrogen-bond donors (Lipinski definition) is 1. The Morgan fingerprint density at radius 1 is 1.63 bits per heavy atom. The Morgan fingerprint density at radius 3 is 2.95 bits per heavy atom. The van der Waals surface area contributed by atoms with Gasteiger partial charge in [-0.15, -0.1) is 11.8 Å². The van der Waals surface area contributed by atoms with Gasteiger partial charge in [0.2, 0.25) is 0 Å². The molecule has 0 saturated carbocycles. The van der Waals surface area contributed by atoms with Crippen molar-refractivity contribution in [3.63, 3.8) is 0 Å². The van der Waals surface area contributed by atoms with Crippen molar-refractivity contribution in [2.45, 2.75) is 24.8 Å². The third-order valence-corrected chi connectivity index (χ3v) is 4.71. The minimum atomic E-state index is -0.989. The lowest BCUT2D eigenvalue weighted by Gasteiger charge is -2.26. The lowest BCUT2D eigenvalue weighted by molar-refractivity contribution is -0.141. The van der Waals surface area contributed by atoms with E-state index in [4.69, 9.17) is 11.6 Å². The summed E-state index contributed by atoms with van der Waals surface area (Å²) >= 11 is 7.38. The van der Waals surface area contributed by atoms with E-state index in [2.05, 4.69) is 4.98 Å². The zero-order chi connectivity index (χ0) is 14.0. The standard InChI is InChI=1S/C12H13ClN2O3S/c1-2-9-15(8(6-19-9)12(17)18)11(16)7-4-3-5-14-10(7)13/h3-5,8-9H,2,6H2,1H3,(H,17,18). The van der Waals surface area contributed by atoms with E-state index in [9.17, 15) is 14.7 Å². The smallest absolute Gasteiger partial charge is 0.327 e. The summed E-state index contributed by atoms with van der Waals surface area (Å²) < 4.78 is 0. The van der Waals surface area contributed by atoms with Crippen molar-refractivity contribution in [1.82, 2.24) is 9.88 Å². The van der Waals surface area contributed by atoms with Gasteiger partial charge in [-0.05, 0) is 18.6 Å². The van der Waals surface area contributed by atoms with Crippen LogP contribution in [-0.2, 0) is 4.79 Å². The number of halogens is 1. The van der Waals surface area contributed by atoms with E-state index in [-0.39, 0.29) is 22.0 Å². The molecule has 0 aliphatic carbocycles. The third kappa shape index (κ3) is 2.69. The van der Waals surface area contributed by atoms with Gasteiger partial charge in [-0.1, -0.05) is 18.5 Å². The SMILES string of the molecule is CCC1SCC(C(=O)O)N1C(=O)c1cccnc1Cl. The van der Waals surface area contributed by atoms with Crippen molar-refractivity contribution in [2.24, 2.45) is 0 Å². The van der Waals surface area contributed by atoms with Crippen LogP contribution in [0.1, 0.15) is 23.7 Å². The number of rotatable bonds is 3. The second-order valence-corrected chi connectivity index (χ2v) is 5.67. The van der Waals surface area contributed by atoms with Crippen LogP contribution in [0.3, 0.4) is 0 Å². The number of carboxylic acids is 1. The van der Waals surface area contributed by atoms with E-state index < -0.39 is 12.0 Å². The average Bonchev–Trinajstić information content (AvgIpc) is 2.82. The largest absolute Gasteiger partial charge is 0.480 e. The molecule has 0 radical (unpaired) electrons. The molecule has 2 atom stereocenters. The van der Waals surface area contributed by atoms with E-state index in [0.29, 0.717) is 12.2 Å². The molecule has 7 heteroatoms. The Bertz CT molecular complexity index is 512. The molecule has 1 aliphatic rings. The van der Waals surface area contributed by atoms with Crippen molar-refractivity contribution in [3.8, 4) is 0 Å². The van der Waals surface area contributed by atoms with Gasteiger partial charge in [0.1, 0.15) is 11.2 Å². The minimum absolute atomic E-state index is 0.100. The molecule has 1 saturated heterocycles. The number of aliphatic carboxylic acids is 1. The molecular weight excluding hydrogens is 288 g/mol. The molecule has 0 bridgehead atoms. The third-order valence-electron chi connectivity index (χ3n) is 2.95. The molecule has 0 spiro atoms. The van der Waals surface area contributed by atoms with E-state index >= 15 is 0 Å². The number of nitrogens with zero attached hydrogens (tertiary/aromatic N) is 2. The summed E-state index contributed by atoms with van der Waals surface area (Å²) in [4.78, 5) is 29.0. The average molecular weight is 301 g/mol. The molecule has 2 rings (SSSR count). The number of hydrogen-bond acceptors (Lipinski definition) is 4. The number of thioether (sulfide) groups is 1. The number of amides is 1. The summed E-state index contributed by atoms with van der Waals surface area (Å²) in [5, 5.41) is 9.17. The Balaban J connectivity index is 2.34. The summed E-state index contributed by atoms with van der Waals surface area (Å²) in [6, 6.07) is 2.37. The van der Waals surface area contributed by atoms with Crippen molar-refractivity contribution in [2.75, 3.05) is 5.75 Å². The zero-order valence-corrected chi connectivity index (χ0v) is 11.8. The van der Waals surface area contributed by atoms with Crippen LogP contribution in [0.5, 0.6) is 0 Å². The first-order chi connectivity index (χ1) is 9.06. The first-order valence-corrected chi connectivity index (χ1v) is 7.26. The van der Waals surface area contributed by atoms with Crippen LogP contribution in [-0.4, -0.2) is 44.0 Å². The van der Waals surface area contributed by atoms with Crippen LogP contribution in [0.25, 0.3) is 0 Å². The maximum absolute atomic E-state index is 12.5. The maximum Gasteiger partial charge on any atom is 0.327 e. The molecule has 1 aromatic rings. The van der Waals surface area contributed by atoms with Gasteiger partial charge >= 0.3 is 5.97 Å². The fraction of sp³-hybridized carbons (Fsp3) is 0.417. The molecule has 2 heterocycles. The normalized spacial score (nSPS) is 22.5. The van der Waals surface area contributed by atoms with E-state index in [0.717, 1.165) is 0 Å². The van der Waals surface area contributed by atoms with Gasteiger partial charge in [0, 0.05) is 11.9 Å². The topological polar surface area (TPSA) is 70.5 Å². The Morgan fingerprint density at radius 2 is 2.37 bits per heavy atom. The van der Waals surface area contributed by atoms with Gasteiger partial charge in [-0.3, -0.25) is 4.79 Å². The van der Waals surface area contributed by atoms with Gasteiger partial charge in [-0.25, -0.2) is 9.78 Å². The summed E-state index contributed by atoms with van der Waals surface area (Å²) in [7, 11) is 0. The first-order valence-electron chi connectivity index (χ1n) is 5.83. The summed E-state index contributed by atoms with van der Waals surface area (Å²) in [5.41, 5.74) is 0.247. The summed E-state index contributed by atoms with van der Waals surface area (Å²) in [5.74, 6) is -0.962. The fourth-order valence-corrected chi connectivity index (χ4v) is 3.57. The summed E-state index contributed by atoms with van der Waals surface area (Å²) in [6.07, 6.45) is 2.18. The molecule has 1 fully saturated rings. The van der Waals surface area contributed by atoms with Crippen LogP contribution in [0.4, 0.5) is 0 Å². The second-order valence-electron chi connectivity index (χ2n) is 4.10. The number of carbonyl (C=O) groups excluding carboxylic acids is 1. The number of carbonyl (C=O) groups is 2. The van der Waals surface area contributed by atoms with E-state index in [1.54, 1.807) is 12.1 Å². The lowest BCUT2D eigenvalue weighted by atomic mass is 10.2. The van der Waals surface area contributed by atoms with Gasteiger partial charge in [0.25, 0.3) is 5.91 Å². The van der Waals surface area contributed by atoms with E-state index in [1.807, 2.05) is 6.92 Å². The van der Waals surface area contributed by atoms with Crippen molar-refractivity contribution in [3.05, 3.63) is 29.0 Å². The number of pyridine rings is 1. The quantitative estimate of drug-likeness (QED) is 0.866. The highest BCUT2D eigenvalue weighted by atomic mass is 35.5. The Kier molecular flexibility index (Phi) is 4.31. The van der Waals surface area contributed by atoms with Gasteiger partial charge in [-0.2, -0.15) is 0 Å². The van der Waals surface area contributed by atoms with Crippen molar-refractivity contribution >= 4 is 35.2 Å². The Hall–Kier alpha value is -1.27. The van der Waals surface area contributed by atoms with Gasteiger partial charge < -0.3 is 10.0 Å². The molecular formula is C12H13ClN2O3S. The molecule has 1 aliphatic heterocycles. The molecule has 102 valence electrons. The summed E-state index contributed by atoms with van der Waals surface area (Å²) in [6.45, 7) is 1.92. The molecule has 1 aromatic heterocycles. The predicted molar refractivity (Wildman–Crippen MR) is 73.4 cm³/mol. The molecule has 19 heavy (non-hydrogen) atoms. The maximum atomic E-state index is 12.5. The fourth-order valence-electron chi connectivity index (χ4n) is 2.03.